The lowest BCUT2D eigenvalue weighted by molar-refractivity contribution is -0.143. The van der Waals surface area contributed by atoms with Crippen molar-refractivity contribution in [3.8, 4) is 16.2 Å². The van der Waals surface area contributed by atoms with Gasteiger partial charge in [-0.2, -0.15) is 0 Å². The van der Waals surface area contributed by atoms with Gasteiger partial charge in [0.15, 0.2) is 12.0 Å². The lowest BCUT2D eigenvalue weighted by atomic mass is 10.1. The number of hydrogen-bond acceptors (Lipinski definition) is 6. The maximum atomic E-state index is 11.4. The Morgan fingerprint density at radius 2 is 1.92 bits per heavy atom. The molecule has 7 heteroatoms. The Hall–Kier alpha value is -1.99. The van der Waals surface area contributed by atoms with E-state index in [1.165, 1.54) is 11.3 Å². The number of hydrogen-bond donors (Lipinski definition) is 0. The molecular formula is C17H15BrO5S. The molecule has 126 valence electrons. The standard InChI is InChI=1S/C17H15BrO5S/c1-2-22-14(21)7-8-23-16-13(10-20)24-17(15(16)18)12-5-3-11(9-19)4-6-12/h3-6,9-10H,2,7-8H2,1H3. The molecule has 0 N–H and O–H groups in total. The summed E-state index contributed by atoms with van der Waals surface area (Å²) in [7, 11) is 0. The lowest BCUT2D eigenvalue weighted by Crippen LogP contribution is -2.09. The summed E-state index contributed by atoms with van der Waals surface area (Å²) in [6, 6.07) is 7.02. The van der Waals surface area contributed by atoms with E-state index < -0.39 is 0 Å². The number of rotatable bonds is 8. The van der Waals surface area contributed by atoms with Crippen LogP contribution in [-0.2, 0) is 9.53 Å². The first-order valence-corrected chi connectivity index (χ1v) is 8.83. The number of thiophene rings is 1. The highest BCUT2D eigenvalue weighted by atomic mass is 79.9. The summed E-state index contributed by atoms with van der Waals surface area (Å²) in [6.07, 6.45) is 1.60. The Morgan fingerprint density at radius 1 is 1.21 bits per heavy atom. The molecule has 0 aliphatic carbocycles. The van der Waals surface area contributed by atoms with Crippen LogP contribution < -0.4 is 4.74 Å². The first-order chi connectivity index (χ1) is 11.6. The van der Waals surface area contributed by atoms with Gasteiger partial charge in [0.25, 0.3) is 0 Å². The fourth-order valence-corrected chi connectivity index (χ4v) is 3.88. The maximum Gasteiger partial charge on any atom is 0.309 e. The molecule has 0 fully saturated rings. The number of ether oxygens (including phenoxy) is 2. The van der Waals surface area contributed by atoms with E-state index in [1.54, 1.807) is 31.2 Å². The van der Waals surface area contributed by atoms with E-state index in [9.17, 15) is 14.4 Å². The molecule has 2 aromatic rings. The van der Waals surface area contributed by atoms with Crippen molar-refractivity contribution in [3.63, 3.8) is 0 Å². The van der Waals surface area contributed by atoms with Crippen LogP contribution in [0.1, 0.15) is 33.4 Å². The zero-order chi connectivity index (χ0) is 17.5. The van der Waals surface area contributed by atoms with Crippen LogP contribution in [0, 0.1) is 0 Å². The average molecular weight is 411 g/mol. The van der Waals surface area contributed by atoms with Crippen LogP contribution in [0.4, 0.5) is 0 Å². The van der Waals surface area contributed by atoms with E-state index >= 15 is 0 Å². The van der Waals surface area contributed by atoms with E-state index in [-0.39, 0.29) is 19.0 Å². The Balaban J connectivity index is 2.19. The van der Waals surface area contributed by atoms with Crippen LogP contribution in [0.15, 0.2) is 28.7 Å². The number of carbonyl (C=O) groups excluding carboxylic acids is 3. The summed E-state index contributed by atoms with van der Waals surface area (Å²) < 4.78 is 11.1. The van der Waals surface area contributed by atoms with Crippen LogP contribution in [0.5, 0.6) is 5.75 Å². The minimum absolute atomic E-state index is 0.109. The van der Waals surface area contributed by atoms with Crippen LogP contribution in [0.3, 0.4) is 0 Å². The number of carbonyl (C=O) groups is 3. The molecule has 0 saturated heterocycles. The lowest BCUT2D eigenvalue weighted by Gasteiger charge is -2.06. The highest BCUT2D eigenvalue weighted by molar-refractivity contribution is 9.10. The van der Waals surface area contributed by atoms with Crippen molar-refractivity contribution in [2.75, 3.05) is 13.2 Å². The topological polar surface area (TPSA) is 69.7 Å². The van der Waals surface area contributed by atoms with Gasteiger partial charge in [-0.1, -0.05) is 24.3 Å². The third-order valence-corrected chi connectivity index (χ3v) is 5.27. The molecule has 0 aliphatic heterocycles. The molecule has 0 radical (unpaired) electrons. The summed E-state index contributed by atoms with van der Waals surface area (Å²) >= 11 is 4.73. The Labute approximate surface area is 151 Å². The quantitative estimate of drug-likeness (QED) is 0.483. The smallest absolute Gasteiger partial charge is 0.309 e. The van der Waals surface area contributed by atoms with Crippen molar-refractivity contribution >= 4 is 45.8 Å². The van der Waals surface area contributed by atoms with Crippen LogP contribution in [0.25, 0.3) is 10.4 Å². The second kappa shape index (κ2) is 8.75. The highest BCUT2D eigenvalue weighted by Gasteiger charge is 2.19. The first-order valence-electron chi connectivity index (χ1n) is 7.22. The molecule has 0 amide bonds. The van der Waals surface area contributed by atoms with Gasteiger partial charge in [0.1, 0.15) is 11.2 Å². The first kappa shape index (κ1) is 18.4. The fourth-order valence-electron chi connectivity index (χ4n) is 1.99. The molecule has 0 bridgehead atoms. The molecule has 5 nitrogen and oxygen atoms in total. The molecule has 0 aliphatic rings. The predicted molar refractivity (Wildman–Crippen MR) is 95.0 cm³/mol. The van der Waals surface area contributed by atoms with Gasteiger partial charge >= 0.3 is 5.97 Å². The van der Waals surface area contributed by atoms with E-state index in [4.69, 9.17) is 9.47 Å². The molecule has 0 spiro atoms. The minimum atomic E-state index is -0.346. The number of benzene rings is 1. The molecular weight excluding hydrogens is 396 g/mol. The molecule has 0 unspecified atom stereocenters. The van der Waals surface area contributed by atoms with Crippen LogP contribution in [0.2, 0.25) is 0 Å². The van der Waals surface area contributed by atoms with Crippen LogP contribution in [-0.4, -0.2) is 31.8 Å². The Bertz CT molecular complexity index is 736. The molecule has 1 aromatic carbocycles. The highest BCUT2D eigenvalue weighted by Crippen LogP contribution is 2.44. The van der Waals surface area contributed by atoms with E-state index in [0.29, 0.717) is 27.3 Å². The Morgan fingerprint density at radius 3 is 2.50 bits per heavy atom. The summed E-state index contributed by atoms with van der Waals surface area (Å²) in [5.74, 6) is 0.0648. The van der Waals surface area contributed by atoms with Crippen molar-refractivity contribution in [1.29, 1.82) is 0 Å². The largest absolute Gasteiger partial charge is 0.490 e. The van der Waals surface area contributed by atoms with Crippen LogP contribution >= 0.6 is 27.3 Å². The van der Waals surface area contributed by atoms with Gasteiger partial charge in [0, 0.05) is 5.56 Å². The van der Waals surface area contributed by atoms with E-state index in [2.05, 4.69) is 15.9 Å². The summed E-state index contributed by atoms with van der Waals surface area (Å²) in [5, 5.41) is 0. The normalized spacial score (nSPS) is 10.2. The van der Waals surface area contributed by atoms with Gasteiger partial charge in [0.05, 0.1) is 29.0 Å². The van der Waals surface area contributed by atoms with Gasteiger partial charge in [0.2, 0.25) is 0 Å². The second-order valence-corrected chi connectivity index (χ2v) is 6.54. The monoisotopic (exact) mass is 410 g/mol. The molecule has 0 saturated carbocycles. The predicted octanol–water partition coefficient (Wildman–Crippen LogP) is 4.13. The molecule has 1 heterocycles. The van der Waals surface area contributed by atoms with Crippen molar-refractivity contribution in [1.82, 2.24) is 0 Å². The third-order valence-electron chi connectivity index (χ3n) is 3.11. The van der Waals surface area contributed by atoms with Crippen molar-refractivity contribution in [2.45, 2.75) is 13.3 Å². The van der Waals surface area contributed by atoms with Crippen molar-refractivity contribution in [3.05, 3.63) is 39.2 Å². The number of aldehydes is 2. The molecule has 1 aromatic heterocycles. The van der Waals surface area contributed by atoms with E-state index in [1.807, 2.05) is 0 Å². The van der Waals surface area contributed by atoms with E-state index in [0.717, 1.165) is 23.0 Å². The average Bonchev–Trinajstić information content (AvgIpc) is 2.91. The maximum absolute atomic E-state index is 11.4. The molecule has 24 heavy (non-hydrogen) atoms. The Kier molecular flexibility index (Phi) is 6.69. The van der Waals surface area contributed by atoms with Gasteiger partial charge < -0.3 is 9.47 Å². The van der Waals surface area contributed by atoms with Crippen molar-refractivity contribution < 1.29 is 23.9 Å². The third kappa shape index (κ3) is 4.30. The molecule has 2 rings (SSSR count). The van der Waals surface area contributed by atoms with Gasteiger partial charge in [-0.15, -0.1) is 11.3 Å². The summed E-state index contributed by atoms with van der Waals surface area (Å²) in [6.45, 7) is 2.18. The summed E-state index contributed by atoms with van der Waals surface area (Å²) in [5.41, 5.74) is 1.44. The second-order valence-electron chi connectivity index (χ2n) is 4.70. The van der Waals surface area contributed by atoms with Gasteiger partial charge in [-0.3, -0.25) is 14.4 Å². The number of esters is 1. The molecule has 0 atom stereocenters. The summed E-state index contributed by atoms with van der Waals surface area (Å²) in [4.78, 5) is 34.6. The van der Waals surface area contributed by atoms with Gasteiger partial charge in [-0.25, -0.2) is 0 Å². The fraction of sp³-hybridized carbons (Fsp3) is 0.235. The minimum Gasteiger partial charge on any atom is -0.490 e. The zero-order valence-electron chi connectivity index (χ0n) is 12.9. The SMILES string of the molecule is CCOC(=O)CCOc1c(C=O)sc(-c2ccc(C=O)cc2)c1Br. The van der Waals surface area contributed by atoms with Gasteiger partial charge in [-0.05, 0) is 28.4 Å². The number of halogens is 1. The van der Waals surface area contributed by atoms with Crippen molar-refractivity contribution in [2.24, 2.45) is 0 Å². The zero-order valence-corrected chi connectivity index (χ0v) is 15.3.